The second kappa shape index (κ2) is 8.23. The summed E-state index contributed by atoms with van der Waals surface area (Å²) in [6.07, 6.45) is 4.87. The van der Waals surface area contributed by atoms with E-state index in [0.717, 1.165) is 16.5 Å². The highest BCUT2D eigenvalue weighted by atomic mass is 16.5. The van der Waals surface area contributed by atoms with Crippen molar-refractivity contribution in [3.05, 3.63) is 60.3 Å². The van der Waals surface area contributed by atoms with Crippen LogP contribution in [0.4, 0.5) is 5.69 Å². The van der Waals surface area contributed by atoms with Crippen molar-refractivity contribution in [1.82, 2.24) is 4.98 Å². The molecule has 0 fully saturated rings. The lowest BCUT2D eigenvalue weighted by molar-refractivity contribution is -0.111. The smallest absolute Gasteiger partial charge is 0.248 e. The molecule has 0 atom stereocenters. The van der Waals surface area contributed by atoms with Gasteiger partial charge in [0, 0.05) is 23.3 Å². The first-order chi connectivity index (χ1) is 13.1. The van der Waals surface area contributed by atoms with E-state index < -0.39 is 0 Å². The number of fused-ring (bicyclic) bond motifs is 1. The molecule has 1 aromatic heterocycles. The summed E-state index contributed by atoms with van der Waals surface area (Å²) in [5.41, 5.74) is 2.33. The van der Waals surface area contributed by atoms with Crippen LogP contribution in [-0.4, -0.2) is 32.2 Å². The van der Waals surface area contributed by atoms with Crippen LogP contribution in [-0.2, 0) is 4.79 Å². The van der Waals surface area contributed by atoms with Crippen LogP contribution in [0.15, 0.2) is 54.7 Å². The van der Waals surface area contributed by atoms with E-state index in [4.69, 9.17) is 14.2 Å². The largest absolute Gasteiger partial charge is 0.493 e. The van der Waals surface area contributed by atoms with E-state index in [1.54, 1.807) is 45.7 Å². The fraction of sp³-hybridized carbons (Fsp3) is 0.143. The highest BCUT2D eigenvalue weighted by molar-refractivity contribution is 6.03. The van der Waals surface area contributed by atoms with Gasteiger partial charge in [-0.2, -0.15) is 0 Å². The summed E-state index contributed by atoms with van der Waals surface area (Å²) in [5.74, 6) is 1.32. The van der Waals surface area contributed by atoms with Crippen LogP contribution < -0.4 is 19.5 Å². The molecule has 0 spiro atoms. The average Bonchev–Trinajstić information content (AvgIpc) is 2.71. The minimum absolute atomic E-state index is 0.244. The van der Waals surface area contributed by atoms with Crippen molar-refractivity contribution < 1.29 is 19.0 Å². The molecule has 0 saturated carbocycles. The van der Waals surface area contributed by atoms with E-state index in [-0.39, 0.29) is 5.91 Å². The van der Waals surface area contributed by atoms with Gasteiger partial charge in [0.05, 0.1) is 26.8 Å². The third kappa shape index (κ3) is 4.17. The van der Waals surface area contributed by atoms with E-state index in [1.807, 2.05) is 30.3 Å². The molecule has 0 saturated heterocycles. The molecule has 1 N–H and O–H groups in total. The van der Waals surface area contributed by atoms with Crippen LogP contribution in [0.3, 0.4) is 0 Å². The Bertz CT molecular complexity index is 973. The lowest BCUT2D eigenvalue weighted by atomic mass is 10.1. The fourth-order valence-electron chi connectivity index (χ4n) is 2.71. The second-order valence-electron chi connectivity index (χ2n) is 5.69. The summed E-state index contributed by atoms with van der Waals surface area (Å²) in [4.78, 5) is 16.5. The standard InChI is InChI=1S/C21H20N2O4/c1-25-18-11-14(12-19(26-2)21(18)27-3)6-9-20(24)23-16-7-8-17-15(13-16)5-4-10-22-17/h4-13H,1-3H3,(H,23,24)/b9-6+. The Morgan fingerprint density at radius 3 is 2.41 bits per heavy atom. The van der Waals surface area contributed by atoms with Crippen LogP contribution in [0.1, 0.15) is 5.56 Å². The number of methoxy groups -OCH3 is 3. The van der Waals surface area contributed by atoms with Crippen LogP contribution in [0.2, 0.25) is 0 Å². The SMILES string of the molecule is COc1cc(/C=C/C(=O)Nc2ccc3ncccc3c2)cc(OC)c1OC. The number of rotatable bonds is 6. The first-order valence-electron chi connectivity index (χ1n) is 8.28. The molecule has 0 aliphatic rings. The molecule has 0 aliphatic carbocycles. The number of hydrogen-bond acceptors (Lipinski definition) is 5. The summed E-state index contributed by atoms with van der Waals surface area (Å²) in [6, 6.07) is 12.9. The second-order valence-corrected chi connectivity index (χ2v) is 5.69. The first-order valence-corrected chi connectivity index (χ1v) is 8.28. The summed E-state index contributed by atoms with van der Waals surface area (Å²) < 4.78 is 15.9. The van der Waals surface area contributed by atoms with Crippen LogP contribution in [0, 0.1) is 0 Å². The number of carbonyl (C=O) groups is 1. The Morgan fingerprint density at radius 1 is 1.00 bits per heavy atom. The van der Waals surface area contributed by atoms with Gasteiger partial charge in [0.15, 0.2) is 11.5 Å². The first kappa shape index (κ1) is 18.3. The fourth-order valence-corrected chi connectivity index (χ4v) is 2.71. The van der Waals surface area contributed by atoms with Gasteiger partial charge in [-0.25, -0.2) is 0 Å². The Kier molecular flexibility index (Phi) is 5.56. The number of hydrogen-bond donors (Lipinski definition) is 1. The van der Waals surface area contributed by atoms with Gasteiger partial charge < -0.3 is 19.5 Å². The normalized spacial score (nSPS) is 10.8. The van der Waals surface area contributed by atoms with Gasteiger partial charge in [0.2, 0.25) is 11.7 Å². The average molecular weight is 364 g/mol. The lowest BCUT2D eigenvalue weighted by Crippen LogP contribution is -2.07. The molecule has 1 amide bonds. The van der Waals surface area contributed by atoms with Crippen molar-refractivity contribution >= 4 is 28.6 Å². The number of benzene rings is 2. The predicted octanol–water partition coefficient (Wildman–Crippen LogP) is 3.91. The number of nitrogens with zero attached hydrogens (tertiary/aromatic N) is 1. The van der Waals surface area contributed by atoms with Gasteiger partial charge in [0.1, 0.15) is 0 Å². The topological polar surface area (TPSA) is 69.7 Å². The summed E-state index contributed by atoms with van der Waals surface area (Å²) in [7, 11) is 4.64. The zero-order valence-electron chi connectivity index (χ0n) is 15.4. The number of pyridine rings is 1. The number of ether oxygens (including phenoxy) is 3. The molecule has 0 radical (unpaired) electrons. The van der Waals surface area contributed by atoms with E-state index in [2.05, 4.69) is 10.3 Å². The lowest BCUT2D eigenvalue weighted by Gasteiger charge is -2.12. The van der Waals surface area contributed by atoms with Gasteiger partial charge in [0.25, 0.3) is 0 Å². The quantitative estimate of drug-likeness (QED) is 0.672. The van der Waals surface area contributed by atoms with Crippen LogP contribution in [0.25, 0.3) is 17.0 Å². The Labute approximate surface area is 157 Å². The van der Waals surface area contributed by atoms with Crippen molar-refractivity contribution in [2.24, 2.45) is 0 Å². The molecule has 2 aromatic carbocycles. The van der Waals surface area contributed by atoms with Gasteiger partial charge in [-0.15, -0.1) is 0 Å². The van der Waals surface area contributed by atoms with Gasteiger partial charge in [-0.05, 0) is 48.0 Å². The molecule has 1 heterocycles. The third-order valence-electron chi connectivity index (χ3n) is 3.98. The van der Waals surface area contributed by atoms with Crippen LogP contribution in [0.5, 0.6) is 17.2 Å². The highest BCUT2D eigenvalue weighted by Gasteiger charge is 2.12. The van der Waals surface area contributed by atoms with E-state index >= 15 is 0 Å². The Morgan fingerprint density at radius 2 is 1.74 bits per heavy atom. The zero-order valence-corrected chi connectivity index (χ0v) is 15.4. The maximum Gasteiger partial charge on any atom is 0.248 e. The molecule has 3 rings (SSSR count). The van der Waals surface area contributed by atoms with Crippen molar-refractivity contribution in [1.29, 1.82) is 0 Å². The summed E-state index contributed by atoms with van der Waals surface area (Å²) >= 11 is 0. The number of carbonyl (C=O) groups excluding carboxylic acids is 1. The molecular formula is C21H20N2O4. The Hall–Kier alpha value is -3.54. The molecule has 138 valence electrons. The van der Waals surface area contributed by atoms with Gasteiger partial charge >= 0.3 is 0 Å². The predicted molar refractivity (Wildman–Crippen MR) is 106 cm³/mol. The minimum Gasteiger partial charge on any atom is -0.493 e. The molecule has 0 bridgehead atoms. The summed E-state index contributed by atoms with van der Waals surface area (Å²) in [5, 5.41) is 3.81. The monoisotopic (exact) mass is 364 g/mol. The number of aromatic nitrogens is 1. The molecule has 27 heavy (non-hydrogen) atoms. The Balaban J connectivity index is 1.77. The van der Waals surface area contributed by atoms with Gasteiger partial charge in [-0.3, -0.25) is 9.78 Å². The number of nitrogens with one attached hydrogen (secondary N) is 1. The van der Waals surface area contributed by atoms with Crippen molar-refractivity contribution in [3.63, 3.8) is 0 Å². The van der Waals surface area contributed by atoms with Crippen LogP contribution >= 0.6 is 0 Å². The number of anilines is 1. The molecule has 6 heteroatoms. The maximum atomic E-state index is 12.3. The van der Waals surface area contributed by atoms with E-state index in [1.165, 1.54) is 6.08 Å². The molecule has 0 aliphatic heterocycles. The molecule has 0 unspecified atom stereocenters. The van der Waals surface area contributed by atoms with Crippen molar-refractivity contribution in [2.45, 2.75) is 0 Å². The zero-order chi connectivity index (χ0) is 19.2. The molecule has 6 nitrogen and oxygen atoms in total. The van der Waals surface area contributed by atoms with Crippen molar-refractivity contribution in [3.8, 4) is 17.2 Å². The van der Waals surface area contributed by atoms with Crippen molar-refractivity contribution in [2.75, 3.05) is 26.6 Å². The van der Waals surface area contributed by atoms with Gasteiger partial charge in [-0.1, -0.05) is 6.07 Å². The highest BCUT2D eigenvalue weighted by Crippen LogP contribution is 2.38. The maximum absolute atomic E-state index is 12.3. The molecular weight excluding hydrogens is 344 g/mol. The minimum atomic E-state index is -0.244. The van der Waals surface area contributed by atoms with E-state index in [0.29, 0.717) is 22.9 Å². The molecule has 3 aromatic rings. The summed E-state index contributed by atoms with van der Waals surface area (Å²) in [6.45, 7) is 0. The van der Waals surface area contributed by atoms with E-state index in [9.17, 15) is 4.79 Å². The number of amides is 1. The third-order valence-corrected chi connectivity index (χ3v) is 3.98.